The highest BCUT2D eigenvalue weighted by molar-refractivity contribution is 7.98. The molecule has 20 heavy (non-hydrogen) atoms. The van der Waals surface area contributed by atoms with Gasteiger partial charge in [0, 0.05) is 23.4 Å². The summed E-state index contributed by atoms with van der Waals surface area (Å²) < 4.78 is 0. The Morgan fingerprint density at radius 3 is 2.75 bits per heavy atom. The third-order valence-electron chi connectivity index (χ3n) is 2.95. The van der Waals surface area contributed by atoms with Crippen molar-refractivity contribution in [3.05, 3.63) is 59.2 Å². The van der Waals surface area contributed by atoms with Crippen molar-refractivity contribution in [1.82, 2.24) is 5.32 Å². The highest BCUT2D eigenvalue weighted by Gasteiger charge is 2.10. The number of nitrogens with two attached hydrogens (primary N) is 1. The summed E-state index contributed by atoms with van der Waals surface area (Å²) in [5.41, 5.74) is 9.63. The Kier molecular flexibility index (Phi) is 4.69. The monoisotopic (exact) mass is 286 g/mol. The molecular weight excluding hydrogens is 268 g/mol. The van der Waals surface area contributed by atoms with Crippen LogP contribution in [0.5, 0.6) is 0 Å². The van der Waals surface area contributed by atoms with Crippen molar-refractivity contribution in [2.24, 2.45) is 0 Å². The quantitative estimate of drug-likeness (QED) is 0.670. The van der Waals surface area contributed by atoms with Crippen LogP contribution < -0.4 is 11.1 Å². The SMILES string of the molecule is CNC(=O)c1ccc(N)cc1SCc1cccc(C)c1. The van der Waals surface area contributed by atoms with Gasteiger partial charge in [-0.2, -0.15) is 0 Å². The number of rotatable bonds is 4. The lowest BCUT2D eigenvalue weighted by Crippen LogP contribution is -2.18. The summed E-state index contributed by atoms with van der Waals surface area (Å²) in [6.45, 7) is 2.07. The smallest absolute Gasteiger partial charge is 0.252 e. The zero-order valence-electron chi connectivity index (χ0n) is 11.6. The molecule has 2 aromatic carbocycles. The van der Waals surface area contributed by atoms with Gasteiger partial charge in [0.15, 0.2) is 0 Å². The van der Waals surface area contributed by atoms with E-state index < -0.39 is 0 Å². The summed E-state index contributed by atoms with van der Waals surface area (Å²) in [7, 11) is 1.63. The molecule has 0 radical (unpaired) electrons. The summed E-state index contributed by atoms with van der Waals surface area (Å²) in [5, 5.41) is 2.66. The van der Waals surface area contributed by atoms with Gasteiger partial charge in [0.2, 0.25) is 0 Å². The molecule has 104 valence electrons. The summed E-state index contributed by atoms with van der Waals surface area (Å²) in [6.07, 6.45) is 0. The number of benzene rings is 2. The lowest BCUT2D eigenvalue weighted by Gasteiger charge is -2.09. The first-order chi connectivity index (χ1) is 9.60. The van der Waals surface area contributed by atoms with Gasteiger partial charge >= 0.3 is 0 Å². The van der Waals surface area contributed by atoms with Crippen LogP contribution in [0.2, 0.25) is 0 Å². The summed E-state index contributed by atoms with van der Waals surface area (Å²) in [5.74, 6) is 0.728. The van der Waals surface area contributed by atoms with Gasteiger partial charge in [0.1, 0.15) is 0 Å². The normalized spacial score (nSPS) is 10.3. The first kappa shape index (κ1) is 14.5. The van der Waals surface area contributed by atoms with E-state index in [4.69, 9.17) is 5.73 Å². The first-order valence-electron chi connectivity index (χ1n) is 6.40. The van der Waals surface area contributed by atoms with Crippen LogP contribution in [0.1, 0.15) is 21.5 Å². The molecule has 0 aliphatic carbocycles. The largest absolute Gasteiger partial charge is 0.399 e. The molecule has 2 aromatic rings. The molecule has 0 aliphatic rings. The van der Waals surface area contributed by atoms with E-state index in [1.54, 1.807) is 30.9 Å². The van der Waals surface area contributed by atoms with Gasteiger partial charge in [-0.1, -0.05) is 29.8 Å². The zero-order chi connectivity index (χ0) is 14.5. The zero-order valence-corrected chi connectivity index (χ0v) is 12.5. The summed E-state index contributed by atoms with van der Waals surface area (Å²) >= 11 is 1.63. The lowest BCUT2D eigenvalue weighted by atomic mass is 10.2. The topological polar surface area (TPSA) is 55.1 Å². The second-order valence-electron chi connectivity index (χ2n) is 4.61. The Morgan fingerprint density at radius 2 is 2.05 bits per heavy atom. The molecule has 0 saturated heterocycles. The maximum Gasteiger partial charge on any atom is 0.252 e. The average Bonchev–Trinajstić information content (AvgIpc) is 2.44. The Bertz CT molecular complexity index is 626. The molecule has 0 spiro atoms. The number of amides is 1. The first-order valence-corrected chi connectivity index (χ1v) is 7.38. The van der Waals surface area contributed by atoms with E-state index in [2.05, 4.69) is 30.4 Å². The molecule has 3 nitrogen and oxygen atoms in total. The van der Waals surface area contributed by atoms with Crippen molar-refractivity contribution < 1.29 is 4.79 Å². The number of carbonyl (C=O) groups excluding carboxylic acids is 1. The number of nitrogens with one attached hydrogen (secondary N) is 1. The van der Waals surface area contributed by atoms with Crippen LogP contribution in [0.25, 0.3) is 0 Å². The molecule has 0 aliphatic heterocycles. The molecule has 3 N–H and O–H groups in total. The van der Waals surface area contributed by atoms with Gasteiger partial charge in [-0.05, 0) is 30.7 Å². The Balaban J connectivity index is 2.20. The van der Waals surface area contributed by atoms with Crippen LogP contribution in [-0.2, 0) is 5.75 Å². The van der Waals surface area contributed by atoms with E-state index in [9.17, 15) is 4.79 Å². The fourth-order valence-corrected chi connectivity index (χ4v) is 2.98. The van der Waals surface area contributed by atoms with E-state index >= 15 is 0 Å². The standard InChI is InChI=1S/C16H18N2OS/c1-11-4-3-5-12(8-11)10-20-15-9-13(17)6-7-14(15)16(19)18-2/h3-9H,10,17H2,1-2H3,(H,18,19). The molecule has 1 amide bonds. The number of thioether (sulfide) groups is 1. The van der Waals surface area contributed by atoms with Crippen LogP contribution in [0.15, 0.2) is 47.4 Å². The number of nitrogen functional groups attached to an aromatic ring is 1. The fourth-order valence-electron chi connectivity index (χ4n) is 1.94. The summed E-state index contributed by atoms with van der Waals surface area (Å²) in [4.78, 5) is 12.8. The Labute approximate surface area is 123 Å². The van der Waals surface area contributed by atoms with E-state index in [1.807, 2.05) is 12.1 Å². The molecule has 0 fully saturated rings. The third kappa shape index (κ3) is 3.54. The molecule has 0 atom stereocenters. The molecule has 0 aromatic heterocycles. The molecular formula is C16H18N2OS. The highest BCUT2D eigenvalue weighted by Crippen LogP contribution is 2.28. The van der Waals surface area contributed by atoms with Gasteiger partial charge in [-0.25, -0.2) is 0 Å². The van der Waals surface area contributed by atoms with Crippen molar-refractivity contribution in [3.63, 3.8) is 0 Å². The van der Waals surface area contributed by atoms with Crippen LogP contribution in [-0.4, -0.2) is 13.0 Å². The number of aryl methyl sites for hydroxylation is 1. The molecule has 0 unspecified atom stereocenters. The molecule has 0 bridgehead atoms. The second-order valence-corrected chi connectivity index (χ2v) is 5.63. The van der Waals surface area contributed by atoms with E-state index in [0.717, 1.165) is 10.6 Å². The predicted molar refractivity (Wildman–Crippen MR) is 85.0 cm³/mol. The number of hydrogen-bond donors (Lipinski definition) is 2. The van der Waals surface area contributed by atoms with Crippen LogP contribution >= 0.6 is 11.8 Å². The second kappa shape index (κ2) is 6.48. The third-order valence-corrected chi connectivity index (χ3v) is 4.08. The van der Waals surface area contributed by atoms with Gasteiger partial charge < -0.3 is 11.1 Å². The van der Waals surface area contributed by atoms with E-state index in [1.165, 1.54) is 11.1 Å². The number of carbonyl (C=O) groups is 1. The number of anilines is 1. The maximum absolute atomic E-state index is 11.8. The van der Waals surface area contributed by atoms with Gasteiger partial charge in [-0.15, -0.1) is 11.8 Å². The molecule has 0 heterocycles. The van der Waals surface area contributed by atoms with Crippen molar-refractivity contribution in [2.75, 3.05) is 12.8 Å². The Hall–Kier alpha value is -1.94. The molecule has 4 heteroatoms. The fraction of sp³-hybridized carbons (Fsp3) is 0.188. The van der Waals surface area contributed by atoms with Crippen molar-refractivity contribution in [1.29, 1.82) is 0 Å². The van der Waals surface area contributed by atoms with Crippen LogP contribution in [0.3, 0.4) is 0 Å². The van der Waals surface area contributed by atoms with E-state index in [0.29, 0.717) is 11.3 Å². The van der Waals surface area contributed by atoms with Crippen LogP contribution in [0.4, 0.5) is 5.69 Å². The van der Waals surface area contributed by atoms with Gasteiger partial charge in [0.05, 0.1) is 5.56 Å². The average molecular weight is 286 g/mol. The maximum atomic E-state index is 11.8. The lowest BCUT2D eigenvalue weighted by molar-refractivity contribution is 0.0960. The van der Waals surface area contributed by atoms with Gasteiger partial charge in [-0.3, -0.25) is 4.79 Å². The Morgan fingerprint density at radius 1 is 1.25 bits per heavy atom. The minimum absolute atomic E-state index is 0.0863. The van der Waals surface area contributed by atoms with Gasteiger partial charge in [0.25, 0.3) is 5.91 Å². The minimum Gasteiger partial charge on any atom is -0.399 e. The van der Waals surface area contributed by atoms with Crippen molar-refractivity contribution >= 4 is 23.4 Å². The molecule has 0 saturated carbocycles. The predicted octanol–water partition coefficient (Wildman–Crippen LogP) is 3.23. The van der Waals surface area contributed by atoms with Crippen molar-refractivity contribution in [3.8, 4) is 0 Å². The number of hydrogen-bond acceptors (Lipinski definition) is 3. The molecule has 2 rings (SSSR count). The highest BCUT2D eigenvalue weighted by atomic mass is 32.2. The minimum atomic E-state index is -0.0863. The summed E-state index contributed by atoms with van der Waals surface area (Å²) in [6, 6.07) is 13.7. The van der Waals surface area contributed by atoms with E-state index in [-0.39, 0.29) is 5.91 Å². The van der Waals surface area contributed by atoms with Crippen molar-refractivity contribution in [2.45, 2.75) is 17.6 Å². The van der Waals surface area contributed by atoms with Crippen LogP contribution in [0, 0.1) is 6.92 Å².